The number of hydrogen-bond donors (Lipinski definition) is 0. The molecule has 1 atom stereocenters. The molecular formula is C16H15FO2. The van der Waals surface area contributed by atoms with E-state index in [9.17, 15) is 9.18 Å². The summed E-state index contributed by atoms with van der Waals surface area (Å²) in [7, 11) is 0. The van der Waals surface area contributed by atoms with Crippen LogP contribution in [0.1, 0.15) is 21.5 Å². The fourth-order valence-electron chi connectivity index (χ4n) is 1.79. The topological polar surface area (TPSA) is 26.3 Å². The zero-order valence-electron chi connectivity index (χ0n) is 10.7. The van der Waals surface area contributed by atoms with Gasteiger partial charge in [0.25, 0.3) is 6.36 Å². The predicted octanol–water partition coefficient (Wildman–Crippen LogP) is 3.69. The second-order valence-electron chi connectivity index (χ2n) is 4.29. The van der Waals surface area contributed by atoms with E-state index < -0.39 is 12.1 Å². The molecule has 0 N–H and O–H groups in total. The number of benzene rings is 2. The van der Waals surface area contributed by atoms with Crippen molar-refractivity contribution in [3.63, 3.8) is 0 Å². The van der Waals surface area contributed by atoms with E-state index in [2.05, 4.69) is 0 Å². The molecule has 0 saturated heterocycles. The van der Waals surface area contributed by atoms with Crippen molar-refractivity contribution in [2.45, 2.75) is 19.9 Å². The zero-order chi connectivity index (χ0) is 13.7. The molecule has 2 nitrogen and oxygen atoms in total. The molecule has 0 amide bonds. The van der Waals surface area contributed by atoms with Crippen molar-refractivity contribution in [1.82, 2.24) is 0 Å². The summed E-state index contributed by atoms with van der Waals surface area (Å²) in [6.45, 7) is 1.86. The predicted molar refractivity (Wildman–Crippen MR) is 71.6 cm³/mol. The Kier molecular flexibility index (Phi) is 4.42. The smallest absolute Gasteiger partial charge is 0.263 e. The average molecular weight is 258 g/mol. The summed E-state index contributed by atoms with van der Waals surface area (Å²) in [5, 5.41) is 0. The van der Waals surface area contributed by atoms with Crippen molar-refractivity contribution in [3.05, 3.63) is 71.3 Å². The first-order chi connectivity index (χ1) is 9.18. The Morgan fingerprint density at radius 3 is 2.42 bits per heavy atom. The molecule has 0 radical (unpaired) electrons. The first kappa shape index (κ1) is 13.4. The first-order valence-corrected chi connectivity index (χ1v) is 6.08. The maximum absolute atomic E-state index is 13.8. The molecule has 0 bridgehead atoms. The van der Waals surface area contributed by atoms with Gasteiger partial charge in [0.05, 0.1) is 6.61 Å². The van der Waals surface area contributed by atoms with E-state index in [1.165, 1.54) is 0 Å². The van der Waals surface area contributed by atoms with Crippen molar-refractivity contribution < 1.29 is 13.9 Å². The van der Waals surface area contributed by atoms with Gasteiger partial charge in [0.1, 0.15) is 0 Å². The monoisotopic (exact) mass is 258 g/mol. The minimum Gasteiger partial charge on any atom is -0.337 e. The number of rotatable bonds is 5. The molecule has 1 unspecified atom stereocenters. The molecule has 0 aliphatic heterocycles. The highest BCUT2D eigenvalue weighted by Crippen LogP contribution is 2.14. The molecule has 2 aromatic carbocycles. The fourth-order valence-corrected chi connectivity index (χ4v) is 1.79. The standard InChI is InChI=1S/C16H15FO2/c1-12-7-5-6-10-14(12)15(18)16(17)19-11-13-8-3-2-4-9-13/h2-10,16H,11H2,1H3. The van der Waals surface area contributed by atoms with Crippen LogP contribution < -0.4 is 0 Å². The molecule has 0 heterocycles. The quantitative estimate of drug-likeness (QED) is 0.764. The van der Waals surface area contributed by atoms with Crippen LogP contribution in [0.15, 0.2) is 54.6 Å². The molecule has 2 aromatic rings. The van der Waals surface area contributed by atoms with E-state index in [-0.39, 0.29) is 6.61 Å². The van der Waals surface area contributed by atoms with Gasteiger partial charge in [0.2, 0.25) is 5.78 Å². The number of alkyl halides is 1. The Hall–Kier alpha value is -2.00. The lowest BCUT2D eigenvalue weighted by molar-refractivity contribution is -0.0295. The SMILES string of the molecule is Cc1ccccc1C(=O)C(F)OCc1ccccc1. The summed E-state index contributed by atoms with van der Waals surface area (Å²) in [5.74, 6) is -0.631. The lowest BCUT2D eigenvalue weighted by Crippen LogP contribution is -2.20. The molecule has 0 aliphatic rings. The average Bonchev–Trinajstić information content (AvgIpc) is 2.45. The van der Waals surface area contributed by atoms with Crippen LogP contribution >= 0.6 is 0 Å². The van der Waals surface area contributed by atoms with Gasteiger partial charge in [-0.15, -0.1) is 0 Å². The minimum absolute atomic E-state index is 0.0830. The minimum atomic E-state index is -1.93. The van der Waals surface area contributed by atoms with Crippen LogP contribution in [-0.2, 0) is 11.3 Å². The number of ether oxygens (including phenoxy) is 1. The Labute approximate surface area is 111 Å². The zero-order valence-corrected chi connectivity index (χ0v) is 10.7. The maximum atomic E-state index is 13.8. The highest BCUT2D eigenvalue weighted by molar-refractivity contribution is 5.99. The fraction of sp³-hybridized carbons (Fsp3) is 0.188. The van der Waals surface area contributed by atoms with Crippen molar-refractivity contribution in [3.8, 4) is 0 Å². The molecule has 3 heteroatoms. The molecule has 0 saturated carbocycles. The number of carbonyl (C=O) groups excluding carboxylic acids is 1. The molecule has 0 aromatic heterocycles. The van der Waals surface area contributed by atoms with Crippen LogP contribution in [0.2, 0.25) is 0 Å². The van der Waals surface area contributed by atoms with E-state index in [0.717, 1.165) is 11.1 Å². The summed E-state index contributed by atoms with van der Waals surface area (Å²) in [4.78, 5) is 11.9. The Morgan fingerprint density at radius 2 is 1.74 bits per heavy atom. The summed E-state index contributed by atoms with van der Waals surface area (Å²) in [6, 6.07) is 16.1. The molecule has 2 rings (SSSR count). The van der Waals surface area contributed by atoms with E-state index in [1.54, 1.807) is 25.1 Å². The lowest BCUT2D eigenvalue weighted by Gasteiger charge is -2.10. The van der Waals surface area contributed by atoms with Gasteiger partial charge in [-0.25, -0.2) is 4.39 Å². The summed E-state index contributed by atoms with van der Waals surface area (Å²) in [6.07, 6.45) is -1.93. The van der Waals surface area contributed by atoms with Crippen molar-refractivity contribution in [1.29, 1.82) is 0 Å². The molecule has 0 fully saturated rings. The van der Waals surface area contributed by atoms with Crippen molar-refractivity contribution in [2.24, 2.45) is 0 Å². The van der Waals surface area contributed by atoms with Gasteiger partial charge >= 0.3 is 0 Å². The van der Waals surface area contributed by atoms with Crippen LogP contribution in [0, 0.1) is 6.92 Å². The van der Waals surface area contributed by atoms with Crippen LogP contribution in [0.5, 0.6) is 0 Å². The number of halogens is 1. The largest absolute Gasteiger partial charge is 0.337 e. The number of Topliss-reactive ketones (excluding diaryl/α,β-unsaturated/α-hetero) is 1. The third-order valence-electron chi connectivity index (χ3n) is 2.86. The normalized spacial score (nSPS) is 12.1. The van der Waals surface area contributed by atoms with Gasteiger partial charge in [-0.05, 0) is 18.1 Å². The summed E-state index contributed by atoms with van der Waals surface area (Å²) >= 11 is 0. The van der Waals surface area contributed by atoms with Crippen LogP contribution in [0.25, 0.3) is 0 Å². The molecule has 0 spiro atoms. The number of hydrogen-bond acceptors (Lipinski definition) is 2. The number of aryl methyl sites for hydroxylation is 1. The van der Waals surface area contributed by atoms with Crippen LogP contribution in [-0.4, -0.2) is 12.1 Å². The third kappa shape index (κ3) is 3.48. The summed E-state index contributed by atoms with van der Waals surface area (Å²) in [5.41, 5.74) is 1.95. The van der Waals surface area contributed by atoms with E-state index in [4.69, 9.17) is 4.74 Å². The molecule has 0 aliphatic carbocycles. The van der Waals surface area contributed by atoms with Gasteiger partial charge in [-0.3, -0.25) is 4.79 Å². The van der Waals surface area contributed by atoms with Gasteiger partial charge in [0, 0.05) is 5.56 Å². The van der Waals surface area contributed by atoms with E-state index in [1.807, 2.05) is 36.4 Å². The number of carbonyl (C=O) groups is 1. The first-order valence-electron chi connectivity index (χ1n) is 6.08. The van der Waals surface area contributed by atoms with Gasteiger partial charge < -0.3 is 4.74 Å². The van der Waals surface area contributed by atoms with Gasteiger partial charge in [-0.2, -0.15) is 0 Å². The highest BCUT2D eigenvalue weighted by atomic mass is 19.1. The second kappa shape index (κ2) is 6.25. The van der Waals surface area contributed by atoms with E-state index in [0.29, 0.717) is 5.56 Å². The number of ketones is 1. The Morgan fingerprint density at radius 1 is 1.11 bits per heavy atom. The Bertz CT molecular complexity index is 552. The Balaban J connectivity index is 1.99. The van der Waals surface area contributed by atoms with Gasteiger partial charge in [-0.1, -0.05) is 54.6 Å². The summed E-state index contributed by atoms with van der Waals surface area (Å²) < 4.78 is 18.8. The maximum Gasteiger partial charge on any atom is 0.263 e. The molecule has 19 heavy (non-hydrogen) atoms. The third-order valence-corrected chi connectivity index (χ3v) is 2.86. The molecule has 98 valence electrons. The van der Waals surface area contributed by atoms with Crippen LogP contribution in [0.4, 0.5) is 4.39 Å². The lowest BCUT2D eigenvalue weighted by atomic mass is 10.1. The second-order valence-corrected chi connectivity index (χ2v) is 4.29. The molecular weight excluding hydrogens is 243 g/mol. The highest BCUT2D eigenvalue weighted by Gasteiger charge is 2.21. The van der Waals surface area contributed by atoms with Gasteiger partial charge in [0.15, 0.2) is 0 Å². The van der Waals surface area contributed by atoms with Crippen LogP contribution in [0.3, 0.4) is 0 Å². The van der Waals surface area contributed by atoms with Crippen molar-refractivity contribution >= 4 is 5.78 Å². The van der Waals surface area contributed by atoms with Crippen molar-refractivity contribution in [2.75, 3.05) is 0 Å². The van der Waals surface area contributed by atoms with E-state index >= 15 is 0 Å².